The van der Waals surface area contributed by atoms with Crippen LogP contribution in [0.5, 0.6) is 5.75 Å². The van der Waals surface area contributed by atoms with Gasteiger partial charge in [0.05, 0.1) is 24.7 Å². The Morgan fingerprint density at radius 1 is 1.12 bits per heavy atom. The van der Waals surface area contributed by atoms with Crippen LogP contribution in [0.25, 0.3) is 0 Å². The molecular weight excluding hydrogens is 328 g/mol. The molecule has 3 rings (SSSR count). The molecule has 1 amide bonds. The molecule has 132 valence electrons. The van der Waals surface area contributed by atoms with Gasteiger partial charge in [0.1, 0.15) is 11.4 Å². The fourth-order valence-corrected chi connectivity index (χ4v) is 2.44. The van der Waals surface area contributed by atoms with Crippen LogP contribution < -0.4 is 15.4 Å². The minimum atomic E-state index is -0.283. The lowest BCUT2D eigenvalue weighted by atomic mass is 10.2. The van der Waals surface area contributed by atoms with Crippen molar-refractivity contribution in [1.82, 2.24) is 9.97 Å². The SMILES string of the molecule is COc1ccc(C)cc1NC(=O)c1ccc(NCc2ccncc2)cn1. The summed E-state index contributed by atoms with van der Waals surface area (Å²) in [5, 5.41) is 6.10. The van der Waals surface area contributed by atoms with Gasteiger partial charge in [0.25, 0.3) is 5.91 Å². The average molecular weight is 348 g/mol. The summed E-state index contributed by atoms with van der Waals surface area (Å²) in [6.45, 7) is 2.62. The van der Waals surface area contributed by atoms with E-state index in [1.165, 1.54) is 0 Å². The maximum absolute atomic E-state index is 12.4. The predicted molar refractivity (Wildman–Crippen MR) is 101 cm³/mol. The second-order valence-corrected chi connectivity index (χ2v) is 5.80. The highest BCUT2D eigenvalue weighted by Crippen LogP contribution is 2.25. The van der Waals surface area contributed by atoms with Gasteiger partial charge >= 0.3 is 0 Å². The van der Waals surface area contributed by atoms with Crippen molar-refractivity contribution < 1.29 is 9.53 Å². The number of aryl methyl sites for hydroxylation is 1. The third-order valence-corrected chi connectivity index (χ3v) is 3.85. The lowest BCUT2D eigenvalue weighted by Crippen LogP contribution is -2.14. The molecule has 0 bridgehead atoms. The molecule has 2 aromatic heterocycles. The minimum absolute atomic E-state index is 0.283. The van der Waals surface area contributed by atoms with E-state index in [1.54, 1.807) is 31.8 Å². The van der Waals surface area contributed by atoms with Crippen molar-refractivity contribution >= 4 is 17.3 Å². The maximum Gasteiger partial charge on any atom is 0.274 e. The highest BCUT2D eigenvalue weighted by atomic mass is 16.5. The van der Waals surface area contributed by atoms with Crippen LogP contribution >= 0.6 is 0 Å². The molecule has 26 heavy (non-hydrogen) atoms. The van der Waals surface area contributed by atoms with Crippen molar-refractivity contribution in [2.24, 2.45) is 0 Å². The largest absolute Gasteiger partial charge is 0.495 e. The number of benzene rings is 1. The van der Waals surface area contributed by atoms with Gasteiger partial charge < -0.3 is 15.4 Å². The molecule has 0 radical (unpaired) electrons. The van der Waals surface area contributed by atoms with E-state index in [1.807, 2.05) is 43.3 Å². The van der Waals surface area contributed by atoms with Crippen LogP contribution in [-0.2, 0) is 6.54 Å². The Morgan fingerprint density at radius 3 is 2.62 bits per heavy atom. The first-order valence-electron chi connectivity index (χ1n) is 8.20. The zero-order valence-electron chi connectivity index (χ0n) is 14.7. The number of nitrogens with one attached hydrogen (secondary N) is 2. The Labute approximate surface area is 152 Å². The molecule has 0 fully saturated rings. The third-order valence-electron chi connectivity index (χ3n) is 3.85. The van der Waals surface area contributed by atoms with Crippen LogP contribution in [0.3, 0.4) is 0 Å². The Bertz CT molecular complexity index is 880. The fourth-order valence-electron chi connectivity index (χ4n) is 2.44. The Morgan fingerprint density at radius 2 is 1.92 bits per heavy atom. The minimum Gasteiger partial charge on any atom is -0.495 e. The highest BCUT2D eigenvalue weighted by Gasteiger charge is 2.11. The van der Waals surface area contributed by atoms with E-state index in [4.69, 9.17) is 4.74 Å². The van der Waals surface area contributed by atoms with Gasteiger partial charge in [0, 0.05) is 18.9 Å². The number of pyridine rings is 2. The number of hydrogen-bond donors (Lipinski definition) is 2. The maximum atomic E-state index is 12.4. The number of aromatic nitrogens is 2. The number of nitrogens with zero attached hydrogens (tertiary/aromatic N) is 2. The van der Waals surface area contributed by atoms with E-state index in [0.29, 0.717) is 23.7 Å². The van der Waals surface area contributed by atoms with E-state index >= 15 is 0 Å². The van der Waals surface area contributed by atoms with Crippen molar-refractivity contribution in [3.05, 3.63) is 77.9 Å². The second kappa shape index (κ2) is 8.11. The van der Waals surface area contributed by atoms with Gasteiger partial charge in [-0.2, -0.15) is 0 Å². The average Bonchev–Trinajstić information content (AvgIpc) is 2.68. The number of amides is 1. The van der Waals surface area contributed by atoms with E-state index in [0.717, 1.165) is 16.8 Å². The zero-order valence-corrected chi connectivity index (χ0v) is 14.7. The lowest BCUT2D eigenvalue weighted by Gasteiger charge is -2.11. The molecule has 6 nitrogen and oxygen atoms in total. The molecule has 0 atom stereocenters. The van der Waals surface area contributed by atoms with Crippen molar-refractivity contribution in [1.29, 1.82) is 0 Å². The number of rotatable bonds is 6. The predicted octanol–water partition coefficient (Wildman–Crippen LogP) is 3.66. The number of hydrogen-bond acceptors (Lipinski definition) is 5. The Balaban J connectivity index is 1.64. The van der Waals surface area contributed by atoms with Crippen molar-refractivity contribution in [2.75, 3.05) is 17.7 Å². The molecule has 2 heterocycles. The van der Waals surface area contributed by atoms with Gasteiger partial charge in [0.2, 0.25) is 0 Å². The van der Waals surface area contributed by atoms with Crippen LogP contribution in [0.2, 0.25) is 0 Å². The molecule has 0 aliphatic rings. The quantitative estimate of drug-likeness (QED) is 0.711. The smallest absolute Gasteiger partial charge is 0.274 e. The Hall–Kier alpha value is -3.41. The normalized spacial score (nSPS) is 10.2. The van der Waals surface area contributed by atoms with Gasteiger partial charge in [-0.25, -0.2) is 4.98 Å². The summed E-state index contributed by atoms with van der Waals surface area (Å²) >= 11 is 0. The molecule has 0 saturated heterocycles. The third kappa shape index (κ3) is 4.36. The molecule has 0 spiro atoms. The van der Waals surface area contributed by atoms with Crippen molar-refractivity contribution in [2.45, 2.75) is 13.5 Å². The van der Waals surface area contributed by atoms with E-state index < -0.39 is 0 Å². The van der Waals surface area contributed by atoms with Crippen LogP contribution in [0.15, 0.2) is 61.1 Å². The standard InChI is InChI=1S/C20H20N4O2/c1-14-3-6-19(26-2)18(11-14)24-20(25)17-5-4-16(13-23-17)22-12-15-7-9-21-10-8-15/h3-11,13,22H,12H2,1-2H3,(H,24,25). The first-order chi connectivity index (χ1) is 12.7. The molecule has 0 saturated carbocycles. The topological polar surface area (TPSA) is 76.1 Å². The number of ether oxygens (including phenoxy) is 1. The van der Waals surface area contributed by atoms with Gasteiger partial charge in [-0.15, -0.1) is 0 Å². The summed E-state index contributed by atoms with van der Waals surface area (Å²) in [5.74, 6) is 0.328. The van der Waals surface area contributed by atoms with Gasteiger partial charge in [-0.05, 0) is 54.4 Å². The fraction of sp³-hybridized carbons (Fsp3) is 0.150. The van der Waals surface area contributed by atoms with Gasteiger partial charge in [-0.3, -0.25) is 9.78 Å². The summed E-state index contributed by atoms with van der Waals surface area (Å²) in [6, 6.07) is 13.0. The summed E-state index contributed by atoms with van der Waals surface area (Å²) in [6.07, 6.45) is 5.15. The van der Waals surface area contributed by atoms with Gasteiger partial charge in [0.15, 0.2) is 0 Å². The molecule has 0 aliphatic heterocycles. The van der Waals surface area contributed by atoms with E-state index in [-0.39, 0.29) is 5.91 Å². The van der Waals surface area contributed by atoms with Crippen LogP contribution in [0.1, 0.15) is 21.6 Å². The zero-order chi connectivity index (χ0) is 18.4. The van der Waals surface area contributed by atoms with Crippen LogP contribution in [-0.4, -0.2) is 23.0 Å². The first kappa shape index (κ1) is 17.4. The number of anilines is 2. The lowest BCUT2D eigenvalue weighted by molar-refractivity contribution is 0.102. The monoisotopic (exact) mass is 348 g/mol. The number of methoxy groups -OCH3 is 1. The van der Waals surface area contributed by atoms with E-state index in [9.17, 15) is 4.79 Å². The molecule has 6 heteroatoms. The second-order valence-electron chi connectivity index (χ2n) is 5.80. The number of carbonyl (C=O) groups is 1. The summed E-state index contributed by atoms with van der Waals surface area (Å²) in [5.41, 5.74) is 3.95. The molecule has 0 unspecified atom stereocenters. The summed E-state index contributed by atoms with van der Waals surface area (Å²) in [7, 11) is 1.57. The molecular formula is C20H20N4O2. The molecule has 3 aromatic rings. The van der Waals surface area contributed by atoms with Crippen LogP contribution in [0.4, 0.5) is 11.4 Å². The first-order valence-corrected chi connectivity index (χ1v) is 8.20. The molecule has 1 aromatic carbocycles. The van der Waals surface area contributed by atoms with Gasteiger partial charge in [-0.1, -0.05) is 6.07 Å². The number of carbonyl (C=O) groups excluding carboxylic acids is 1. The highest BCUT2D eigenvalue weighted by molar-refractivity contribution is 6.03. The molecule has 2 N–H and O–H groups in total. The van der Waals surface area contributed by atoms with Crippen molar-refractivity contribution in [3.8, 4) is 5.75 Å². The van der Waals surface area contributed by atoms with E-state index in [2.05, 4.69) is 20.6 Å². The molecule has 0 aliphatic carbocycles. The summed E-state index contributed by atoms with van der Waals surface area (Å²) in [4.78, 5) is 20.7. The van der Waals surface area contributed by atoms with Crippen LogP contribution in [0, 0.1) is 6.92 Å². The Kier molecular flexibility index (Phi) is 5.43. The summed E-state index contributed by atoms with van der Waals surface area (Å²) < 4.78 is 5.28. The van der Waals surface area contributed by atoms with Crippen molar-refractivity contribution in [3.63, 3.8) is 0 Å².